The van der Waals surface area contributed by atoms with E-state index >= 15 is 0 Å². The molecule has 1 nitrogen and oxygen atoms in total. The van der Waals surface area contributed by atoms with Crippen LogP contribution in [0, 0.1) is 0 Å². The van der Waals surface area contributed by atoms with Crippen molar-refractivity contribution in [2.75, 3.05) is 0 Å². The third-order valence-corrected chi connectivity index (χ3v) is 1.48. The van der Waals surface area contributed by atoms with Crippen molar-refractivity contribution in [1.82, 2.24) is 5.32 Å². The van der Waals surface area contributed by atoms with E-state index in [-0.39, 0.29) is 0 Å². The van der Waals surface area contributed by atoms with E-state index in [1.807, 2.05) is 26.8 Å². The normalized spacial score (nSPS) is 11.2. The van der Waals surface area contributed by atoms with Crippen LogP contribution in [-0.2, 0) is 0 Å². The van der Waals surface area contributed by atoms with E-state index in [4.69, 9.17) is 12.2 Å². The molecule has 0 saturated heterocycles. The summed E-state index contributed by atoms with van der Waals surface area (Å²) in [5.41, 5.74) is 1.13. The first-order chi connectivity index (χ1) is 4.20. The summed E-state index contributed by atoms with van der Waals surface area (Å²) in [7, 11) is 0. The number of nitrogens with one attached hydrogen (secondary N) is 1. The first kappa shape index (κ1) is 8.63. The summed E-state index contributed by atoms with van der Waals surface area (Å²) in [4.78, 5) is 0.908. The van der Waals surface area contributed by atoms with Crippen LogP contribution in [0.1, 0.15) is 27.2 Å². The lowest BCUT2D eigenvalue weighted by molar-refractivity contribution is 1.08. The van der Waals surface area contributed by atoms with Crippen molar-refractivity contribution in [2.24, 2.45) is 0 Å². The number of allylic oxidation sites excluding steroid dienone is 2. The van der Waals surface area contributed by atoms with Crippen molar-refractivity contribution in [3.05, 3.63) is 11.8 Å². The van der Waals surface area contributed by atoms with Gasteiger partial charge in [0.15, 0.2) is 0 Å². The summed E-state index contributed by atoms with van der Waals surface area (Å²) in [6.45, 7) is 6.03. The number of thiocarbonyl (C=S) groups is 1. The second-order valence-corrected chi connectivity index (χ2v) is 2.37. The molecule has 0 aromatic carbocycles. The maximum Gasteiger partial charge on any atom is 0.0791 e. The molecule has 0 aliphatic carbocycles. The predicted molar refractivity (Wildman–Crippen MR) is 45.5 cm³/mol. The van der Waals surface area contributed by atoms with Crippen LogP contribution in [0.2, 0.25) is 0 Å². The Balaban J connectivity index is 3.60. The molecule has 52 valence electrons. The molecule has 0 heterocycles. The van der Waals surface area contributed by atoms with Crippen molar-refractivity contribution < 1.29 is 0 Å². The van der Waals surface area contributed by atoms with Crippen molar-refractivity contribution in [3.8, 4) is 0 Å². The zero-order chi connectivity index (χ0) is 7.28. The van der Waals surface area contributed by atoms with Gasteiger partial charge in [0.25, 0.3) is 0 Å². The highest BCUT2D eigenvalue weighted by molar-refractivity contribution is 7.80. The smallest absolute Gasteiger partial charge is 0.0791 e. The Morgan fingerprint density at radius 1 is 1.67 bits per heavy atom. The van der Waals surface area contributed by atoms with Crippen LogP contribution >= 0.6 is 12.2 Å². The molecule has 0 fully saturated rings. The standard InChI is InChI=1S/C7H13NS/c1-4-6(3)8-7(9)5-2/h4H,5H2,1-3H3,(H,8,9)/b6-4-. The third kappa shape index (κ3) is 4.15. The molecule has 0 unspecified atom stereocenters. The number of hydrogen-bond acceptors (Lipinski definition) is 1. The summed E-state index contributed by atoms with van der Waals surface area (Å²) in [5, 5.41) is 3.07. The topological polar surface area (TPSA) is 12.0 Å². The highest BCUT2D eigenvalue weighted by Gasteiger charge is 1.88. The molecule has 0 radical (unpaired) electrons. The largest absolute Gasteiger partial charge is 0.354 e. The van der Waals surface area contributed by atoms with Gasteiger partial charge in [0, 0.05) is 5.70 Å². The van der Waals surface area contributed by atoms with Gasteiger partial charge >= 0.3 is 0 Å². The van der Waals surface area contributed by atoms with E-state index in [1.165, 1.54) is 0 Å². The van der Waals surface area contributed by atoms with Gasteiger partial charge in [0.05, 0.1) is 4.99 Å². The molecule has 2 heteroatoms. The van der Waals surface area contributed by atoms with Crippen LogP contribution in [0.5, 0.6) is 0 Å². The quantitative estimate of drug-likeness (QED) is 0.595. The zero-order valence-corrected chi connectivity index (χ0v) is 7.01. The highest BCUT2D eigenvalue weighted by atomic mass is 32.1. The Morgan fingerprint density at radius 2 is 2.22 bits per heavy atom. The fourth-order valence-electron chi connectivity index (χ4n) is 0.380. The van der Waals surface area contributed by atoms with Crippen molar-refractivity contribution >= 4 is 17.2 Å². The van der Waals surface area contributed by atoms with Gasteiger partial charge < -0.3 is 5.32 Å². The van der Waals surface area contributed by atoms with Crippen molar-refractivity contribution in [3.63, 3.8) is 0 Å². The van der Waals surface area contributed by atoms with Gasteiger partial charge in [-0.25, -0.2) is 0 Å². The van der Waals surface area contributed by atoms with E-state index in [9.17, 15) is 0 Å². The average molecular weight is 143 g/mol. The summed E-state index contributed by atoms with van der Waals surface area (Å²) in [6.07, 6.45) is 2.92. The van der Waals surface area contributed by atoms with E-state index in [0.29, 0.717) is 0 Å². The van der Waals surface area contributed by atoms with Gasteiger partial charge in [-0.3, -0.25) is 0 Å². The van der Waals surface area contributed by atoms with Crippen LogP contribution in [-0.4, -0.2) is 4.99 Å². The van der Waals surface area contributed by atoms with E-state index in [0.717, 1.165) is 17.1 Å². The first-order valence-corrected chi connectivity index (χ1v) is 3.54. The van der Waals surface area contributed by atoms with Gasteiger partial charge in [-0.05, 0) is 20.3 Å². The van der Waals surface area contributed by atoms with Crippen LogP contribution in [0.3, 0.4) is 0 Å². The molecule has 0 aliphatic rings. The van der Waals surface area contributed by atoms with Crippen LogP contribution in [0.15, 0.2) is 11.8 Å². The van der Waals surface area contributed by atoms with Crippen LogP contribution < -0.4 is 5.32 Å². The molecule has 0 aromatic rings. The monoisotopic (exact) mass is 143 g/mol. The fourth-order valence-corrected chi connectivity index (χ4v) is 0.541. The number of hydrogen-bond donors (Lipinski definition) is 1. The molecule has 0 aliphatic heterocycles. The van der Waals surface area contributed by atoms with Gasteiger partial charge in [-0.15, -0.1) is 0 Å². The maximum absolute atomic E-state index is 4.95. The molecule has 0 atom stereocenters. The summed E-state index contributed by atoms with van der Waals surface area (Å²) in [6, 6.07) is 0. The second-order valence-electron chi connectivity index (χ2n) is 1.87. The van der Waals surface area contributed by atoms with E-state index in [2.05, 4.69) is 5.32 Å². The average Bonchev–Trinajstić information content (AvgIpc) is 1.87. The Labute approximate surface area is 62.1 Å². The Hall–Kier alpha value is -0.370. The minimum absolute atomic E-state index is 0.908. The van der Waals surface area contributed by atoms with Crippen LogP contribution in [0.4, 0.5) is 0 Å². The van der Waals surface area contributed by atoms with Crippen molar-refractivity contribution in [1.29, 1.82) is 0 Å². The summed E-state index contributed by atoms with van der Waals surface area (Å²) >= 11 is 4.95. The molecule has 9 heavy (non-hydrogen) atoms. The van der Waals surface area contributed by atoms with Crippen molar-refractivity contribution in [2.45, 2.75) is 27.2 Å². The summed E-state index contributed by atoms with van der Waals surface area (Å²) in [5.74, 6) is 0. The predicted octanol–water partition coefficient (Wildman–Crippen LogP) is 2.24. The lowest BCUT2D eigenvalue weighted by Gasteiger charge is -2.03. The minimum atomic E-state index is 0.908. The molecule has 1 N–H and O–H groups in total. The number of rotatable bonds is 2. The molecular formula is C7H13NS. The first-order valence-electron chi connectivity index (χ1n) is 3.13. The molecule has 0 rings (SSSR count). The minimum Gasteiger partial charge on any atom is -0.354 e. The van der Waals surface area contributed by atoms with Gasteiger partial charge in [0.2, 0.25) is 0 Å². The molecular weight excluding hydrogens is 130 g/mol. The van der Waals surface area contributed by atoms with E-state index in [1.54, 1.807) is 0 Å². The highest BCUT2D eigenvalue weighted by Crippen LogP contribution is 1.88. The SMILES string of the molecule is C/C=C(/C)NC(=S)CC. The molecule has 0 bridgehead atoms. The van der Waals surface area contributed by atoms with E-state index < -0.39 is 0 Å². The Bertz CT molecular complexity index is 127. The van der Waals surface area contributed by atoms with Gasteiger partial charge in [-0.2, -0.15) is 0 Å². The lowest BCUT2D eigenvalue weighted by Crippen LogP contribution is -2.17. The molecule has 0 amide bonds. The fraction of sp³-hybridized carbons (Fsp3) is 0.571. The second kappa shape index (κ2) is 4.50. The molecule has 0 saturated carbocycles. The van der Waals surface area contributed by atoms with Gasteiger partial charge in [-0.1, -0.05) is 25.2 Å². The van der Waals surface area contributed by atoms with Crippen LogP contribution in [0.25, 0.3) is 0 Å². The Morgan fingerprint density at radius 3 is 2.56 bits per heavy atom. The zero-order valence-electron chi connectivity index (χ0n) is 6.19. The third-order valence-electron chi connectivity index (χ3n) is 1.09. The Kier molecular flexibility index (Phi) is 4.32. The summed E-state index contributed by atoms with van der Waals surface area (Å²) < 4.78 is 0. The molecule has 0 spiro atoms. The lowest BCUT2D eigenvalue weighted by atomic mass is 10.4. The maximum atomic E-state index is 4.95. The molecule has 0 aromatic heterocycles. The van der Waals surface area contributed by atoms with Gasteiger partial charge in [0.1, 0.15) is 0 Å².